The van der Waals surface area contributed by atoms with E-state index in [9.17, 15) is 9.18 Å². The number of rotatable bonds is 8. The zero-order valence-corrected chi connectivity index (χ0v) is 17.4. The number of anilines is 1. The first-order chi connectivity index (χ1) is 15.1. The van der Waals surface area contributed by atoms with Crippen LogP contribution in [-0.2, 0) is 30.8 Å². The van der Waals surface area contributed by atoms with Gasteiger partial charge < -0.3 is 14.7 Å². The lowest BCUT2D eigenvalue weighted by Crippen LogP contribution is -2.30. The Balaban J connectivity index is 1.49. The molecule has 4 nitrogen and oxygen atoms in total. The van der Waals surface area contributed by atoms with Gasteiger partial charge in [-0.05, 0) is 42.0 Å². The third kappa shape index (κ3) is 5.23. The van der Waals surface area contributed by atoms with Crippen LogP contribution >= 0.6 is 0 Å². The summed E-state index contributed by atoms with van der Waals surface area (Å²) >= 11 is 0. The third-order valence-corrected chi connectivity index (χ3v) is 5.64. The highest BCUT2D eigenvalue weighted by Gasteiger charge is 2.20. The fraction of sp³-hybridized carbons (Fsp3) is 0.269. The molecular weight excluding hydrogens is 393 g/mol. The summed E-state index contributed by atoms with van der Waals surface area (Å²) in [6, 6.07) is 21.4. The van der Waals surface area contributed by atoms with Crippen molar-refractivity contribution in [2.75, 3.05) is 11.4 Å². The molecule has 5 heteroatoms. The van der Waals surface area contributed by atoms with Gasteiger partial charge in [-0.1, -0.05) is 54.6 Å². The fourth-order valence-corrected chi connectivity index (χ4v) is 4.13. The predicted octanol–water partition coefficient (Wildman–Crippen LogP) is 5.37. The highest BCUT2D eigenvalue weighted by atomic mass is 19.1. The van der Waals surface area contributed by atoms with E-state index >= 15 is 0 Å². The third-order valence-electron chi connectivity index (χ3n) is 5.64. The number of hydrogen-bond donors (Lipinski definition) is 1. The standard InChI is InChI=1S/C26H26FNO3/c27-24-16-23(13-11-20(24)12-14-25(29)30)31-18-22-9-4-8-21-10-5-15-28(26(21)22)17-19-6-2-1-3-7-19/h1-4,6-9,11,13,16H,5,10,12,14-15,17-18H2,(H,29,30). The van der Waals surface area contributed by atoms with E-state index in [1.54, 1.807) is 12.1 Å². The zero-order valence-electron chi connectivity index (χ0n) is 17.4. The second kappa shape index (κ2) is 9.65. The molecule has 0 saturated heterocycles. The molecule has 0 fully saturated rings. The molecule has 1 N–H and O–H groups in total. The number of fused-ring (bicyclic) bond motifs is 1. The van der Waals surface area contributed by atoms with Gasteiger partial charge in [0, 0.05) is 36.8 Å². The summed E-state index contributed by atoms with van der Waals surface area (Å²) < 4.78 is 20.3. The minimum atomic E-state index is -0.936. The Labute approximate surface area is 181 Å². The summed E-state index contributed by atoms with van der Waals surface area (Å²) in [4.78, 5) is 13.1. The number of para-hydroxylation sites is 1. The van der Waals surface area contributed by atoms with Gasteiger partial charge in [-0.2, -0.15) is 0 Å². The molecule has 1 aliphatic rings. The van der Waals surface area contributed by atoms with E-state index in [1.807, 2.05) is 6.07 Å². The van der Waals surface area contributed by atoms with Crippen LogP contribution in [0, 0.1) is 5.82 Å². The Morgan fingerprint density at radius 3 is 2.65 bits per heavy atom. The molecule has 0 amide bonds. The van der Waals surface area contributed by atoms with Gasteiger partial charge in [-0.25, -0.2) is 4.39 Å². The maximum atomic E-state index is 14.3. The van der Waals surface area contributed by atoms with Gasteiger partial charge in [0.05, 0.1) is 0 Å². The SMILES string of the molecule is O=C(O)CCc1ccc(OCc2cccc3c2N(Cc2ccccc2)CCC3)cc1F. The number of nitrogens with zero attached hydrogens (tertiary/aromatic N) is 1. The summed E-state index contributed by atoms with van der Waals surface area (Å²) in [6.45, 7) is 2.19. The van der Waals surface area contributed by atoms with E-state index in [2.05, 4.69) is 47.4 Å². The first-order valence-corrected chi connectivity index (χ1v) is 10.6. The van der Waals surface area contributed by atoms with Crippen LogP contribution in [0.5, 0.6) is 5.75 Å². The number of aryl methyl sites for hydroxylation is 2. The zero-order chi connectivity index (χ0) is 21.6. The van der Waals surface area contributed by atoms with Crippen LogP contribution in [0.3, 0.4) is 0 Å². The van der Waals surface area contributed by atoms with Crippen molar-refractivity contribution in [2.45, 2.75) is 38.8 Å². The van der Waals surface area contributed by atoms with Crippen LogP contribution in [0.2, 0.25) is 0 Å². The maximum Gasteiger partial charge on any atom is 0.303 e. The van der Waals surface area contributed by atoms with Crippen LogP contribution in [0.4, 0.5) is 10.1 Å². The molecule has 0 unspecified atom stereocenters. The Morgan fingerprint density at radius 1 is 1.03 bits per heavy atom. The van der Waals surface area contributed by atoms with Crippen molar-refractivity contribution in [3.05, 3.63) is 94.8 Å². The molecule has 3 aromatic carbocycles. The average Bonchev–Trinajstić information content (AvgIpc) is 2.77. The second-order valence-electron chi connectivity index (χ2n) is 7.87. The molecule has 0 radical (unpaired) electrons. The number of carboxylic acid groups (broad SMARTS) is 1. The smallest absolute Gasteiger partial charge is 0.303 e. The van der Waals surface area contributed by atoms with Gasteiger partial charge in [-0.15, -0.1) is 0 Å². The highest BCUT2D eigenvalue weighted by Crippen LogP contribution is 2.33. The molecule has 0 saturated carbocycles. The Bertz CT molecular complexity index is 1050. The van der Waals surface area contributed by atoms with Crippen LogP contribution in [0.15, 0.2) is 66.7 Å². The molecular formula is C26H26FNO3. The van der Waals surface area contributed by atoms with Crippen molar-refractivity contribution in [2.24, 2.45) is 0 Å². The molecule has 0 aliphatic carbocycles. The molecule has 3 aromatic rings. The van der Waals surface area contributed by atoms with Crippen LogP contribution in [0.1, 0.15) is 35.1 Å². The molecule has 31 heavy (non-hydrogen) atoms. The number of ether oxygens (including phenoxy) is 1. The predicted molar refractivity (Wildman–Crippen MR) is 119 cm³/mol. The number of aliphatic carboxylic acids is 1. The van der Waals surface area contributed by atoms with E-state index in [1.165, 1.54) is 22.9 Å². The van der Waals surface area contributed by atoms with Gasteiger partial charge in [-0.3, -0.25) is 4.79 Å². The van der Waals surface area contributed by atoms with Crippen molar-refractivity contribution in [1.29, 1.82) is 0 Å². The molecule has 1 heterocycles. The fourth-order valence-electron chi connectivity index (χ4n) is 4.13. The molecule has 0 atom stereocenters. The quantitative estimate of drug-likeness (QED) is 0.533. The van der Waals surface area contributed by atoms with Crippen LogP contribution < -0.4 is 9.64 Å². The minimum absolute atomic E-state index is 0.0927. The van der Waals surface area contributed by atoms with Gasteiger partial charge in [0.1, 0.15) is 18.2 Å². The summed E-state index contributed by atoms with van der Waals surface area (Å²) in [7, 11) is 0. The molecule has 1 aliphatic heterocycles. The van der Waals surface area contributed by atoms with Crippen molar-refractivity contribution in [1.82, 2.24) is 0 Å². The average molecular weight is 419 g/mol. The Hall–Kier alpha value is -3.34. The molecule has 160 valence electrons. The van der Waals surface area contributed by atoms with Crippen molar-refractivity contribution in [3.63, 3.8) is 0 Å². The Kier molecular flexibility index (Phi) is 6.51. The van der Waals surface area contributed by atoms with Gasteiger partial charge in [0.25, 0.3) is 0 Å². The number of carbonyl (C=O) groups is 1. The lowest BCUT2D eigenvalue weighted by atomic mass is 9.97. The van der Waals surface area contributed by atoms with Crippen LogP contribution in [0.25, 0.3) is 0 Å². The van der Waals surface area contributed by atoms with Gasteiger partial charge >= 0.3 is 5.97 Å². The van der Waals surface area contributed by atoms with Crippen molar-refractivity contribution < 1.29 is 19.0 Å². The molecule has 0 spiro atoms. The minimum Gasteiger partial charge on any atom is -0.489 e. The maximum absolute atomic E-state index is 14.3. The largest absolute Gasteiger partial charge is 0.489 e. The van der Waals surface area contributed by atoms with E-state index < -0.39 is 11.8 Å². The summed E-state index contributed by atoms with van der Waals surface area (Å²) in [5, 5.41) is 8.79. The van der Waals surface area contributed by atoms with Crippen LogP contribution in [-0.4, -0.2) is 17.6 Å². The van der Waals surface area contributed by atoms with E-state index in [0.29, 0.717) is 17.9 Å². The summed E-state index contributed by atoms with van der Waals surface area (Å²) in [5.41, 5.74) is 5.28. The van der Waals surface area contributed by atoms with Gasteiger partial charge in [0.15, 0.2) is 0 Å². The van der Waals surface area contributed by atoms with Crippen molar-refractivity contribution in [3.8, 4) is 5.75 Å². The number of hydrogen-bond acceptors (Lipinski definition) is 3. The number of halogens is 1. The first kappa shape index (κ1) is 20.9. The Morgan fingerprint density at radius 2 is 1.87 bits per heavy atom. The molecule has 0 aromatic heterocycles. The van der Waals surface area contributed by atoms with E-state index in [-0.39, 0.29) is 12.8 Å². The summed E-state index contributed by atoms with van der Waals surface area (Å²) in [5.74, 6) is -0.923. The lowest BCUT2D eigenvalue weighted by Gasteiger charge is -2.33. The normalized spacial score (nSPS) is 13.0. The highest BCUT2D eigenvalue weighted by molar-refractivity contribution is 5.67. The molecule has 0 bridgehead atoms. The van der Waals surface area contributed by atoms with E-state index in [4.69, 9.17) is 9.84 Å². The first-order valence-electron chi connectivity index (χ1n) is 10.6. The monoisotopic (exact) mass is 419 g/mol. The van der Waals surface area contributed by atoms with Gasteiger partial charge in [0.2, 0.25) is 0 Å². The lowest BCUT2D eigenvalue weighted by molar-refractivity contribution is -0.136. The number of benzene rings is 3. The topological polar surface area (TPSA) is 49.8 Å². The number of carboxylic acids is 1. The summed E-state index contributed by atoms with van der Waals surface area (Å²) in [6.07, 6.45) is 2.24. The van der Waals surface area contributed by atoms with Crippen molar-refractivity contribution >= 4 is 11.7 Å². The second-order valence-corrected chi connectivity index (χ2v) is 7.87. The van der Waals surface area contributed by atoms with E-state index in [0.717, 1.165) is 31.5 Å². The molecule has 4 rings (SSSR count).